The maximum atomic E-state index is 11.8. The summed E-state index contributed by atoms with van der Waals surface area (Å²) in [6, 6.07) is 0. The molecule has 2 heterocycles. The van der Waals surface area contributed by atoms with E-state index in [4.69, 9.17) is 4.74 Å². The third-order valence-corrected chi connectivity index (χ3v) is 2.46. The van der Waals surface area contributed by atoms with E-state index in [9.17, 15) is 4.79 Å². The smallest absolute Gasteiger partial charge is 0.254 e. The highest BCUT2D eigenvalue weighted by molar-refractivity contribution is 5.94. The Morgan fingerprint density at radius 2 is 2.27 bits per heavy atom. The lowest BCUT2D eigenvalue weighted by molar-refractivity contribution is 0.0889. The summed E-state index contributed by atoms with van der Waals surface area (Å²) < 4.78 is 5.25. The Balaban J connectivity index is 2.04. The molecule has 0 saturated carbocycles. The zero-order valence-electron chi connectivity index (χ0n) is 8.56. The van der Waals surface area contributed by atoms with Crippen molar-refractivity contribution in [3.63, 3.8) is 0 Å². The van der Waals surface area contributed by atoms with Gasteiger partial charge in [0.15, 0.2) is 0 Å². The maximum absolute atomic E-state index is 11.8. The van der Waals surface area contributed by atoms with Crippen molar-refractivity contribution in [2.75, 3.05) is 13.2 Å². The maximum Gasteiger partial charge on any atom is 0.254 e. The summed E-state index contributed by atoms with van der Waals surface area (Å²) in [4.78, 5) is 19.4. The summed E-state index contributed by atoms with van der Waals surface area (Å²) in [6.07, 6.45) is 5.24. The molecule has 80 valence electrons. The van der Waals surface area contributed by atoms with Gasteiger partial charge in [0.05, 0.1) is 17.7 Å². The van der Waals surface area contributed by atoms with Gasteiger partial charge in [-0.25, -0.2) is 9.97 Å². The van der Waals surface area contributed by atoms with E-state index >= 15 is 0 Å². The molecule has 2 rings (SSSR count). The van der Waals surface area contributed by atoms with Crippen molar-refractivity contribution in [2.24, 2.45) is 0 Å². The molecule has 1 fully saturated rings. The van der Waals surface area contributed by atoms with Crippen LogP contribution in [0.4, 0.5) is 0 Å². The van der Waals surface area contributed by atoms with E-state index < -0.39 is 0 Å². The van der Waals surface area contributed by atoms with Crippen molar-refractivity contribution in [3.8, 4) is 0 Å². The molecule has 15 heavy (non-hydrogen) atoms. The highest BCUT2D eigenvalue weighted by Crippen LogP contribution is 2.17. The number of hydrogen-bond acceptors (Lipinski definition) is 4. The van der Waals surface area contributed by atoms with Gasteiger partial charge in [0, 0.05) is 19.0 Å². The Bertz CT molecular complexity index is 347. The van der Waals surface area contributed by atoms with Crippen LogP contribution in [0.3, 0.4) is 0 Å². The van der Waals surface area contributed by atoms with E-state index in [1.165, 1.54) is 18.7 Å². The molecule has 1 N–H and O–H groups in total. The Kier molecular flexibility index (Phi) is 2.64. The van der Waals surface area contributed by atoms with E-state index in [2.05, 4.69) is 15.3 Å². The van der Waals surface area contributed by atoms with E-state index in [1.807, 2.05) is 6.92 Å². The summed E-state index contributed by atoms with van der Waals surface area (Å²) in [5, 5.41) is 2.93. The third kappa shape index (κ3) is 2.30. The second-order valence-corrected chi connectivity index (χ2v) is 3.94. The minimum atomic E-state index is -0.257. The van der Waals surface area contributed by atoms with Crippen LogP contribution in [0.1, 0.15) is 23.7 Å². The molecule has 0 bridgehead atoms. The van der Waals surface area contributed by atoms with Crippen molar-refractivity contribution in [3.05, 3.63) is 24.3 Å². The number of ether oxygens (including phenoxy) is 1. The number of hydrogen-bond donors (Lipinski definition) is 1. The van der Waals surface area contributed by atoms with Crippen LogP contribution in [0, 0.1) is 0 Å². The summed E-state index contributed by atoms with van der Waals surface area (Å²) in [7, 11) is 0. The van der Waals surface area contributed by atoms with E-state index in [1.54, 1.807) is 0 Å². The number of carbonyl (C=O) groups excluding carboxylic acids is 1. The topological polar surface area (TPSA) is 64.1 Å². The van der Waals surface area contributed by atoms with Gasteiger partial charge in [-0.3, -0.25) is 4.79 Å². The monoisotopic (exact) mass is 207 g/mol. The molecule has 0 spiro atoms. The van der Waals surface area contributed by atoms with Gasteiger partial charge in [0.25, 0.3) is 5.91 Å². The lowest BCUT2D eigenvalue weighted by Gasteiger charge is -2.23. The van der Waals surface area contributed by atoms with Crippen molar-refractivity contribution >= 4 is 5.91 Å². The van der Waals surface area contributed by atoms with Crippen LogP contribution in [0.15, 0.2) is 18.7 Å². The normalized spacial score (nSPS) is 25.1. The molecule has 0 aromatic carbocycles. The lowest BCUT2D eigenvalue weighted by Crippen LogP contribution is -2.46. The van der Waals surface area contributed by atoms with Gasteiger partial charge in [-0.1, -0.05) is 0 Å². The first kappa shape index (κ1) is 10.0. The SMILES string of the molecule is C[C@]1(NC(=O)c2cncnc2)CCOC1. The average molecular weight is 207 g/mol. The van der Waals surface area contributed by atoms with Crippen LogP contribution < -0.4 is 5.32 Å². The highest BCUT2D eigenvalue weighted by Gasteiger charge is 2.31. The van der Waals surface area contributed by atoms with E-state index in [0.717, 1.165) is 6.42 Å². The predicted octanol–water partition coefficient (Wildman–Crippen LogP) is 0.385. The minimum absolute atomic E-state index is 0.149. The van der Waals surface area contributed by atoms with Gasteiger partial charge in [-0.15, -0.1) is 0 Å². The van der Waals surface area contributed by atoms with E-state index in [0.29, 0.717) is 18.8 Å². The van der Waals surface area contributed by atoms with Gasteiger partial charge in [-0.05, 0) is 13.3 Å². The molecule has 1 aromatic heterocycles. The lowest BCUT2D eigenvalue weighted by atomic mass is 10.0. The van der Waals surface area contributed by atoms with Gasteiger partial charge in [0.1, 0.15) is 6.33 Å². The summed E-state index contributed by atoms with van der Waals surface area (Å²) >= 11 is 0. The largest absolute Gasteiger partial charge is 0.379 e. The van der Waals surface area contributed by atoms with Gasteiger partial charge < -0.3 is 10.1 Å². The Hall–Kier alpha value is -1.49. The number of nitrogens with zero attached hydrogens (tertiary/aromatic N) is 2. The Morgan fingerprint density at radius 1 is 1.53 bits per heavy atom. The number of rotatable bonds is 2. The molecule has 1 saturated heterocycles. The average Bonchev–Trinajstić information content (AvgIpc) is 2.66. The van der Waals surface area contributed by atoms with Gasteiger partial charge >= 0.3 is 0 Å². The molecule has 5 heteroatoms. The van der Waals surface area contributed by atoms with Crippen molar-refractivity contribution < 1.29 is 9.53 Å². The van der Waals surface area contributed by atoms with Crippen LogP contribution in [-0.4, -0.2) is 34.6 Å². The van der Waals surface area contributed by atoms with Crippen LogP contribution in [0.2, 0.25) is 0 Å². The second kappa shape index (κ2) is 3.94. The van der Waals surface area contributed by atoms with Gasteiger partial charge in [0.2, 0.25) is 0 Å². The fourth-order valence-corrected chi connectivity index (χ4v) is 1.53. The van der Waals surface area contributed by atoms with Crippen LogP contribution in [0.5, 0.6) is 0 Å². The molecule has 1 aliphatic heterocycles. The first-order valence-corrected chi connectivity index (χ1v) is 4.85. The number of nitrogens with one attached hydrogen (secondary N) is 1. The zero-order valence-corrected chi connectivity index (χ0v) is 8.56. The molecule has 0 unspecified atom stereocenters. The molecule has 0 aliphatic carbocycles. The summed E-state index contributed by atoms with van der Waals surface area (Å²) in [6.45, 7) is 3.23. The molecule has 1 aliphatic rings. The third-order valence-electron chi connectivity index (χ3n) is 2.46. The molecular formula is C10H13N3O2. The van der Waals surface area contributed by atoms with Crippen molar-refractivity contribution in [2.45, 2.75) is 18.9 Å². The highest BCUT2D eigenvalue weighted by atomic mass is 16.5. The number of aromatic nitrogens is 2. The number of carbonyl (C=O) groups is 1. The standard InChI is InChI=1S/C10H13N3O2/c1-10(2-3-15-6-10)13-9(14)8-4-11-7-12-5-8/h4-5,7H,2-3,6H2,1H3,(H,13,14)/t10-/m0/s1. The van der Waals surface area contributed by atoms with Crippen molar-refractivity contribution in [1.82, 2.24) is 15.3 Å². The summed E-state index contributed by atoms with van der Waals surface area (Å²) in [5.41, 5.74) is 0.220. The van der Waals surface area contributed by atoms with Crippen LogP contribution >= 0.6 is 0 Å². The Morgan fingerprint density at radius 3 is 2.87 bits per heavy atom. The first-order chi connectivity index (χ1) is 7.20. The molecule has 1 atom stereocenters. The summed E-state index contributed by atoms with van der Waals surface area (Å²) in [5.74, 6) is -0.149. The molecule has 1 aromatic rings. The number of amides is 1. The van der Waals surface area contributed by atoms with Crippen LogP contribution in [-0.2, 0) is 4.74 Å². The van der Waals surface area contributed by atoms with Crippen molar-refractivity contribution in [1.29, 1.82) is 0 Å². The fraction of sp³-hybridized carbons (Fsp3) is 0.500. The van der Waals surface area contributed by atoms with Gasteiger partial charge in [-0.2, -0.15) is 0 Å². The fourth-order valence-electron chi connectivity index (χ4n) is 1.53. The Labute approximate surface area is 87.9 Å². The van der Waals surface area contributed by atoms with Crippen LogP contribution in [0.25, 0.3) is 0 Å². The molecule has 1 amide bonds. The second-order valence-electron chi connectivity index (χ2n) is 3.94. The first-order valence-electron chi connectivity index (χ1n) is 4.85. The predicted molar refractivity (Wildman–Crippen MR) is 53.3 cm³/mol. The molecular weight excluding hydrogens is 194 g/mol. The van der Waals surface area contributed by atoms with E-state index in [-0.39, 0.29) is 11.4 Å². The zero-order chi connectivity index (χ0) is 10.7. The molecule has 0 radical (unpaired) electrons. The quantitative estimate of drug-likeness (QED) is 0.761. The molecule has 5 nitrogen and oxygen atoms in total. The minimum Gasteiger partial charge on any atom is -0.379 e.